The standard InChI is InChI=1S/C7H12O4/c1-9-6(8)5-7-10-3-2-4-11-7/h7H,2-5H2,1H3. The van der Waals surface area contributed by atoms with E-state index in [1.807, 2.05) is 0 Å². The number of hydrogen-bond acceptors (Lipinski definition) is 4. The summed E-state index contributed by atoms with van der Waals surface area (Å²) in [5, 5.41) is 0. The van der Waals surface area contributed by atoms with E-state index < -0.39 is 6.29 Å². The normalized spacial score (nSPS) is 19.7. The Morgan fingerprint density at radius 3 is 2.73 bits per heavy atom. The fourth-order valence-electron chi connectivity index (χ4n) is 0.874. The number of esters is 1. The van der Waals surface area contributed by atoms with E-state index in [1.54, 1.807) is 0 Å². The third-order valence-electron chi connectivity index (χ3n) is 1.46. The van der Waals surface area contributed by atoms with Crippen LogP contribution in [0.1, 0.15) is 12.8 Å². The summed E-state index contributed by atoms with van der Waals surface area (Å²) in [5.41, 5.74) is 0. The Morgan fingerprint density at radius 2 is 2.18 bits per heavy atom. The topological polar surface area (TPSA) is 44.8 Å². The van der Waals surface area contributed by atoms with Crippen molar-refractivity contribution in [1.29, 1.82) is 0 Å². The molecule has 0 aromatic carbocycles. The minimum Gasteiger partial charge on any atom is -0.469 e. The second-order valence-corrected chi connectivity index (χ2v) is 2.30. The monoisotopic (exact) mass is 160 g/mol. The zero-order chi connectivity index (χ0) is 8.10. The minimum atomic E-state index is -0.392. The quantitative estimate of drug-likeness (QED) is 0.545. The van der Waals surface area contributed by atoms with E-state index in [4.69, 9.17) is 9.47 Å². The van der Waals surface area contributed by atoms with E-state index in [0.29, 0.717) is 13.2 Å². The van der Waals surface area contributed by atoms with Gasteiger partial charge in [0.05, 0.1) is 26.7 Å². The lowest BCUT2D eigenvalue weighted by molar-refractivity contribution is -0.190. The predicted octanol–water partition coefficient (Wildman–Crippen LogP) is 0.312. The summed E-state index contributed by atoms with van der Waals surface area (Å²) in [6.07, 6.45) is 0.699. The van der Waals surface area contributed by atoms with Crippen molar-refractivity contribution in [3.63, 3.8) is 0 Å². The fourth-order valence-corrected chi connectivity index (χ4v) is 0.874. The Labute approximate surface area is 65.4 Å². The van der Waals surface area contributed by atoms with Crippen LogP contribution in [0.15, 0.2) is 0 Å². The molecule has 0 saturated carbocycles. The first-order valence-corrected chi connectivity index (χ1v) is 3.63. The molecule has 64 valence electrons. The number of rotatable bonds is 2. The first-order valence-electron chi connectivity index (χ1n) is 3.63. The van der Waals surface area contributed by atoms with Crippen molar-refractivity contribution in [2.24, 2.45) is 0 Å². The van der Waals surface area contributed by atoms with E-state index in [2.05, 4.69) is 4.74 Å². The van der Waals surface area contributed by atoms with Crippen LogP contribution < -0.4 is 0 Å². The molecule has 0 aliphatic carbocycles. The van der Waals surface area contributed by atoms with Gasteiger partial charge in [-0.1, -0.05) is 0 Å². The SMILES string of the molecule is COC(=O)CC1OCCCO1. The maximum atomic E-state index is 10.7. The van der Waals surface area contributed by atoms with E-state index in [0.717, 1.165) is 6.42 Å². The van der Waals surface area contributed by atoms with Crippen LogP contribution in [-0.4, -0.2) is 32.6 Å². The van der Waals surface area contributed by atoms with Crippen LogP contribution in [0.2, 0.25) is 0 Å². The summed E-state index contributed by atoms with van der Waals surface area (Å²) < 4.78 is 14.7. The Balaban J connectivity index is 2.19. The molecule has 1 fully saturated rings. The summed E-state index contributed by atoms with van der Waals surface area (Å²) in [5.74, 6) is -0.295. The Morgan fingerprint density at radius 1 is 1.55 bits per heavy atom. The van der Waals surface area contributed by atoms with Gasteiger partial charge < -0.3 is 14.2 Å². The summed E-state index contributed by atoms with van der Waals surface area (Å²) in [4.78, 5) is 10.7. The van der Waals surface area contributed by atoms with Gasteiger partial charge in [-0.15, -0.1) is 0 Å². The lowest BCUT2D eigenvalue weighted by Gasteiger charge is -2.21. The molecule has 1 heterocycles. The van der Waals surface area contributed by atoms with Gasteiger partial charge in [0.2, 0.25) is 0 Å². The minimum absolute atomic E-state index is 0.191. The van der Waals surface area contributed by atoms with Crippen molar-refractivity contribution in [1.82, 2.24) is 0 Å². The molecule has 1 aliphatic rings. The van der Waals surface area contributed by atoms with Crippen molar-refractivity contribution in [3.05, 3.63) is 0 Å². The fraction of sp³-hybridized carbons (Fsp3) is 0.857. The molecular formula is C7H12O4. The highest BCUT2D eigenvalue weighted by Crippen LogP contribution is 2.08. The van der Waals surface area contributed by atoms with E-state index in [-0.39, 0.29) is 12.4 Å². The smallest absolute Gasteiger partial charge is 0.310 e. The van der Waals surface area contributed by atoms with E-state index >= 15 is 0 Å². The molecule has 4 heteroatoms. The summed E-state index contributed by atoms with van der Waals surface area (Å²) in [7, 11) is 1.35. The highest BCUT2D eigenvalue weighted by atomic mass is 16.7. The molecule has 0 unspecified atom stereocenters. The molecule has 1 aliphatic heterocycles. The van der Waals surface area contributed by atoms with Gasteiger partial charge in [-0.2, -0.15) is 0 Å². The van der Waals surface area contributed by atoms with E-state index in [9.17, 15) is 4.79 Å². The Hall–Kier alpha value is -0.610. The van der Waals surface area contributed by atoms with Gasteiger partial charge in [-0.3, -0.25) is 4.79 Å². The molecule has 11 heavy (non-hydrogen) atoms. The largest absolute Gasteiger partial charge is 0.469 e. The van der Waals surface area contributed by atoms with Gasteiger partial charge in [-0.25, -0.2) is 0 Å². The van der Waals surface area contributed by atoms with Crippen molar-refractivity contribution < 1.29 is 19.0 Å². The average molecular weight is 160 g/mol. The average Bonchev–Trinajstić information content (AvgIpc) is 2.06. The molecule has 0 aromatic rings. The molecule has 0 bridgehead atoms. The zero-order valence-electron chi connectivity index (χ0n) is 6.54. The Kier molecular flexibility index (Phi) is 3.32. The van der Waals surface area contributed by atoms with Crippen molar-refractivity contribution in [2.45, 2.75) is 19.1 Å². The lowest BCUT2D eigenvalue weighted by Crippen LogP contribution is -2.27. The number of ether oxygens (including phenoxy) is 3. The maximum absolute atomic E-state index is 10.7. The molecule has 0 radical (unpaired) electrons. The molecule has 0 spiro atoms. The lowest BCUT2D eigenvalue weighted by atomic mass is 10.4. The van der Waals surface area contributed by atoms with Crippen LogP contribution in [0.3, 0.4) is 0 Å². The summed E-state index contributed by atoms with van der Waals surface area (Å²) in [6, 6.07) is 0. The van der Waals surface area contributed by atoms with Crippen LogP contribution >= 0.6 is 0 Å². The van der Waals surface area contributed by atoms with Crippen LogP contribution in [0.4, 0.5) is 0 Å². The van der Waals surface area contributed by atoms with Gasteiger partial charge >= 0.3 is 5.97 Å². The number of hydrogen-bond donors (Lipinski definition) is 0. The van der Waals surface area contributed by atoms with E-state index in [1.165, 1.54) is 7.11 Å². The second kappa shape index (κ2) is 4.31. The molecule has 1 rings (SSSR count). The van der Waals surface area contributed by atoms with Crippen LogP contribution in [0.25, 0.3) is 0 Å². The van der Waals surface area contributed by atoms with Gasteiger partial charge in [0.15, 0.2) is 6.29 Å². The molecule has 0 atom stereocenters. The summed E-state index contributed by atoms with van der Waals surface area (Å²) >= 11 is 0. The highest BCUT2D eigenvalue weighted by Gasteiger charge is 2.17. The first kappa shape index (κ1) is 8.49. The number of carbonyl (C=O) groups excluding carboxylic acids is 1. The van der Waals surface area contributed by atoms with Crippen molar-refractivity contribution >= 4 is 5.97 Å². The molecule has 0 amide bonds. The van der Waals surface area contributed by atoms with Crippen LogP contribution in [-0.2, 0) is 19.0 Å². The molecular weight excluding hydrogens is 148 g/mol. The molecule has 0 aromatic heterocycles. The number of carbonyl (C=O) groups is 1. The third-order valence-corrected chi connectivity index (χ3v) is 1.46. The van der Waals surface area contributed by atoms with Gasteiger partial charge in [0.1, 0.15) is 0 Å². The van der Waals surface area contributed by atoms with Gasteiger partial charge in [0, 0.05) is 0 Å². The molecule has 0 N–H and O–H groups in total. The van der Waals surface area contributed by atoms with Gasteiger partial charge in [-0.05, 0) is 6.42 Å². The van der Waals surface area contributed by atoms with Crippen molar-refractivity contribution in [2.75, 3.05) is 20.3 Å². The van der Waals surface area contributed by atoms with Crippen molar-refractivity contribution in [3.8, 4) is 0 Å². The Bertz CT molecular complexity index is 128. The maximum Gasteiger partial charge on any atom is 0.310 e. The molecule has 1 saturated heterocycles. The highest BCUT2D eigenvalue weighted by molar-refractivity contribution is 5.69. The predicted molar refractivity (Wildman–Crippen MR) is 36.9 cm³/mol. The molecule has 4 nitrogen and oxygen atoms in total. The van der Waals surface area contributed by atoms with Crippen LogP contribution in [0.5, 0.6) is 0 Å². The van der Waals surface area contributed by atoms with Gasteiger partial charge in [0.25, 0.3) is 0 Å². The summed E-state index contributed by atoms with van der Waals surface area (Å²) in [6.45, 7) is 1.34. The zero-order valence-corrected chi connectivity index (χ0v) is 6.54. The van der Waals surface area contributed by atoms with Crippen LogP contribution in [0, 0.1) is 0 Å². The second-order valence-electron chi connectivity index (χ2n) is 2.30. The number of methoxy groups -OCH3 is 1. The first-order chi connectivity index (χ1) is 5.33. The third kappa shape index (κ3) is 2.86.